The maximum absolute atomic E-state index is 11.7. The highest BCUT2D eigenvalue weighted by Crippen LogP contribution is 1.97. The van der Waals surface area contributed by atoms with Crippen molar-refractivity contribution in [2.75, 3.05) is 20.0 Å². The first-order valence-corrected chi connectivity index (χ1v) is 8.67. The van der Waals surface area contributed by atoms with Crippen molar-refractivity contribution in [3.05, 3.63) is 0 Å². The molecule has 0 saturated carbocycles. The van der Waals surface area contributed by atoms with Crippen molar-refractivity contribution in [2.24, 2.45) is 0 Å². The Labute approximate surface area is 171 Å². The molecule has 0 aliphatic rings. The second-order valence-electron chi connectivity index (χ2n) is 5.91. The number of hydrogen-bond acceptors (Lipinski definition) is 9. The summed E-state index contributed by atoms with van der Waals surface area (Å²) in [4.78, 5) is 67.8. The Hall–Kier alpha value is -3.30. The first-order chi connectivity index (χ1) is 13.9. The molecule has 30 heavy (non-hydrogen) atoms. The fourth-order valence-corrected chi connectivity index (χ4v) is 1.68. The minimum atomic E-state index is -0.884. The fourth-order valence-electron chi connectivity index (χ4n) is 1.68. The molecule has 0 saturated heterocycles. The molecule has 0 unspecified atom stereocenters. The lowest BCUT2D eigenvalue weighted by Gasteiger charge is -2.17. The Bertz CT molecular complexity index is 657. The van der Waals surface area contributed by atoms with Gasteiger partial charge in [-0.25, -0.2) is 15.2 Å². The number of carbonyl (C=O) groups is 6. The standard InChI is InChI=1S/C15H26N6O9/c1-10(22)16-7-20(29)14(26)5-4-13(25)18-9-21(30)15(27)6-3-12(24)17-8-19(28)11(2)23/h28-30H,3-9H2,1-2H3,(H,16,22)(H,17,24)(H,18,25). The van der Waals surface area contributed by atoms with Gasteiger partial charge in [-0.3, -0.25) is 44.4 Å². The molecular weight excluding hydrogens is 408 g/mol. The van der Waals surface area contributed by atoms with E-state index in [1.165, 1.54) is 6.92 Å². The van der Waals surface area contributed by atoms with Crippen molar-refractivity contribution < 1.29 is 44.4 Å². The van der Waals surface area contributed by atoms with Crippen LogP contribution < -0.4 is 16.0 Å². The zero-order chi connectivity index (χ0) is 23.3. The van der Waals surface area contributed by atoms with Crippen molar-refractivity contribution in [2.45, 2.75) is 39.5 Å². The van der Waals surface area contributed by atoms with Gasteiger partial charge < -0.3 is 16.0 Å². The SMILES string of the molecule is CC(=O)NCN(O)C(=O)CCC(=O)NCN(O)C(=O)CCC(=O)NCN(O)C(C)=O. The van der Waals surface area contributed by atoms with Gasteiger partial charge >= 0.3 is 0 Å². The normalized spacial score (nSPS) is 9.90. The van der Waals surface area contributed by atoms with Crippen LogP contribution in [0, 0.1) is 0 Å². The molecule has 6 N–H and O–H groups in total. The van der Waals surface area contributed by atoms with Gasteiger partial charge in [0.2, 0.25) is 35.4 Å². The summed E-state index contributed by atoms with van der Waals surface area (Å²) in [6.45, 7) is 0.771. The van der Waals surface area contributed by atoms with Gasteiger partial charge in [0.25, 0.3) is 0 Å². The minimum Gasteiger partial charge on any atom is -0.337 e. The van der Waals surface area contributed by atoms with Crippen LogP contribution in [0.1, 0.15) is 39.5 Å². The predicted molar refractivity (Wildman–Crippen MR) is 94.7 cm³/mol. The molecule has 0 fully saturated rings. The van der Waals surface area contributed by atoms with Gasteiger partial charge in [-0.15, -0.1) is 0 Å². The molecule has 0 bridgehead atoms. The van der Waals surface area contributed by atoms with E-state index in [0.29, 0.717) is 0 Å². The van der Waals surface area contributed by atoms with Gasteiger partial charge in [-0.05, 0) is 0 Å². The molecule has 0 aliphatic heterocycles. The van der Waals surface area contributed by atoms with Crippen LogP contribution in [0.3, 0.4) is 0 Å². The molecule has 0 aromatic carbocycles. The highest BCUT2D eigenvalue weighted by atomic mass is 16.5. The smallest absolute Gasteiger partial charge is 0.248 e. The van der Waals surface area contributed by atoms with Crippen LogP contribution in [0.15, 0.2) is 0 Å². The van der Waals surface area contributed by atoms with Gasteiger partial charge in [0.15, 0.2) is 0 Å². The van der Waals surface area contributed by atoms with Crippen LogP contribution in [0.5, 0.6) is 0 Å². The molecule has 0 aromatic rings. The molecule has 0 atom stereocenters. The van der Waals surface area contributed by atoms with E-state index in [4.69, 9.17) is 5.21 Å². The molecule has 170 valence electrons. The Kier molecular flexibility index (Phi) is 12.3. The van der Waals surface area contributed by atoms with Gasteiger partial charge in [-0.1, -0.05) is 0 Å². The van der Waals surface area contributed by atoms with Crippen LogP contribution >= 0.6 is 0 Å². The lowest BCUT2D eigenvalue weighted by atomic mass is 10.2. The van der Waals surface area contributed by atoms with E-state index in [2.05, 4.69) is 16.0 Å². The highest BCUT2D eigenvalue weighted by molar-refractivity contribution is 5.85. The number of hydroxylamine groups is 6. The first kappa shape index (κ1) is 26.7. The summed E-state index contributed by atoms with van der Waals surface area (Å²) >= 11 is 0. The lowest BCUT2D eigenvalue weighted by Crippen LogP contribution is -2.41. The van der Waals surface area contributed by atoms with Crippen LogP contribution in [0.2, 0.25) is 0 Å². The zero-order valence-electron chi connectivity index (χ0n) is 16.6. The van der Waals surface area contributed by atoms with Crippen LogP contribution in [-0.2, 0) is 28.8 Å². The van der Waals surface area contributed by atoms with Gasteiger partial charge in [0.05, 0.1) is 0 Å². The van der Waals surface area contributed by atoms with E-state index < -0.39 is 61.9 Å². The second kappa shape index (κ2) is 13.8. The van der Waals surface area contributed by atoms with Crippen molar-refractivity contribution in [1.82, 2.24) is 31.1 Å². The number of carbonyl (C=O) groups excluding carboxylic acids is 6. The summed E-state index contributed by atoms with van der Waals surface area (Å²) in [5.74, 6) is -4.22. The fraction of sp³-hybridized carbons (Fsp3) is 0.600. The molecule has 0 spiro atoms. The molecular formula is C15H26N6O9. The maximum Gasteiger partial charge on any atom is 0.248 e. The number of nitrogens with zero attached hydrogens (tertiary/aromatic N) is 3. The number of amides is 6. The van der Waals surface area contributed by atoms with Crippen molar-refractivity contribution >= 4 is 35.4 Å². The monoisotopic (exact) mass is 434 g/mol. The van der Waals surface area contributed by atoms with Crippen LogP contribution in [0.4, 0.5) is 0 Å². The minimum absolute atomic E-state index is 0.163. The van der Waals surface area contributed by atoms with E-state index in [1.54, 1.807) is 0 Å². The summed E-state index contributed by atoms with van der Waals surface area (Å²) in [7, 11) is 0. The van der Waals surface area contributed by atoms with Crippen molar-refractivity contribution in [1.29, 1.82) is 0 Å². The van der Waals surface area contributed by atoms with E-state index in [9.17, 15) is 39.2 Å². The molecule has 0 heterocycles. The van der Waals surface area contributed by atoms with E-state index in [-0.39, 0.29) is 34.5 Å². The van der Waals surface area contributed by atoms with Gasteiger partial charge in [0, 0.05) is 39.5 Å². The van der Waals surface area contributed by atoms with Crippen molar-refractivity contribution in [3.8, 4) is 0 Å². The average molecular weight is 434 g/mol. The number of rotatable bonds is 12. The van der Waals surface area contributed by atoms with Crippen LogP contribution in [-0.4, -0.2) is 86.3 Å². The zero-order valence-corrected chi connectivity index (χ0v) is 16.6. The predicted octanol–water partition coefficient (Wildman–Crippen LogP) is -2.54. The second-order valence-corrected chi connectivity index (χ2v) is 5.91. The maximum atomic E-state index is 11.7. The Morgan fingerprint density at radius 3 is 1.33 bits per heavy atom. The van der Waals surface area contributed by atoms with E-state index >= 15 is 0 Å². The number of nitrogens with one attached hydrogen (secondary N) is 3. The topological polar surface area (TPSA) is 209 Å². The largest absolute Gasteiger partial charge is 0.337 e. The van der Waals surface area contributed by atoms with Crippen LogP contribution in [0.25, 0.3) is 0 Å². The van der Waals surface area contributed by atoms with E-state index in [1.807, 2.05) is 0 Å². The highest BCUT2D eigenvalue weighted by Gasteiger charge is 2.16. The average Bonchev–Trinajstić information content (AvgIpc) is 2.69. The summed E-state index contributed by atoms with van der Waals surface area (Å²) in [6, 6.07) is 0. The molecule has 0 rings (SSSR count). The van der Waals surface area contributed by atoms with E-state index in [0.717, 1.165) is 6.92 Å². The molecule has 6 amide bonds. The summed E-state index contributed by atoms with van der Waals surface area (Å²) in [5.41, 5.74) is 0. The summed E-state index contributed by atoms with van der Waals surface area (Å²) in [6.07, 6.45) is -1.49. The Balaban J connectivity index is 4.08. The molecule has 15 heteroatoms. The Morgan fingerprint density at radius 1 is 0.600 bits per heavy atom. The molecule has 0 radical (unpaired) electrons. The molecule has 0 aromatic heterocycles. The van der Waals surface area contributed by atoms with Crippen molar-refractivity contribution in [3.63, 3.8) is 0 Å². The third kappa shape index (κ3) is 12.2. The third-order valence-electron chi connectivity index (χ3n) is 3.40. The summed E-state index contributed by atoms with van der Waals surface area (Å²) in [5, 5.41) is 35.1. The quantitative estimate of drug-likeness (QED) is 0.108. The molecule has 15 nitrogen and oxygen atoms in total. The number of hydrogen-bond donors (Lipinski definition) is 6. The first-order valence-electron chi connectivity index (χ1n) is 8.67. The van der Waals surface area contributed by atoms with Gasteiger partial charge in [0.1, 0.15) is 20.0 Å². The Morgan fingerprint density at radius 2 is 0.967 bits per heavy atom. The lowest BCUT2D eigenvalue weighted by molar-refractivity contribution is -0.170. The third-order valence-corrected chi connectivity index (χ3v) is 3.40. The summed E-state index contributed by atoms with van der Waals surface area (Å²) < 4.78 is 0. The molecule has 0 aliphatic carbocycles. The van der Waals surface area contributed by atoms with Gasteiger partial charge in [-0.2, -0.15) is 0 Å².